The number of carbonyl (C=O) groups excluding carboxylic acids is 1. The Balaban J connectivity index is 2.10. The molecule has 0 heterocycles. The van der Waals surface area contributed by atoms with Gasteiger partial charge in [-0.05, 0) is 54.8 Å². The van der Waals surface area contributed by atoms with Crippen LogP contribution in [0, 0.1) is 5.92 Å². The normalized spacial score (nSPS) is 13.8. The van der Waals surface area contributed by atoms with Crippen LogP contribution in [0.4, 0.5) is 0 Å². The van der Waals surface area contributed by atoms with E-state index in [1.165, 1.54) is 31.2 Å². The lowest BCUT2D eigenvalue weighted by Crippen LogP contribution is -2.46. The van der Waals surface area contributed by atoms with Gasteiger partial charge < -0.3 is 10.1 Å². The van der Waals surface area contributed by atoms with Gasteiger partial charge in [0.1, 0.15) is 5.75 Å². The molecule has 2 atom stereocenters. The van der Waals surface area contributed by atoms with Crippen molar-refractivity contribution >= 4 is 27.5 Å². The first-order chi connectivity index (χ1) is 13.1. The van der Waals surface area contributed by atoms with Crippen molar-refractivity contribution in [3.63, 3.8) is 0 Å². The molecule has 152 valence electrons. The van der Waals surface area contributed by atoms with E-state index in [9.17, 15) is 13.2 Å². The second kappa shape index (κ2) is 9.41. The monoisotopic (exact) mass is 424 g/mol. The first-order valence-corrected chi connectivity index (χ1v) is 10.7. The summed E-state index contributed by atoms with van der Waals surface area (Å²) in [5.74, 6) is 0.422. The number of rotatable bonds is 8. The molecular weight excluding hydrogens is 400 g/mol. The summed E-state index contributed by atoms with van der Waals surface area (Å²) in [4.78, 5) is 12.7. The molecule has 6 nitrogen and oxygen atoms in total. The van der Waals surface area contributed by atoms with Crippen LogP contribution < -0.4 is 14.8 Å². The Bertz CT molecular complexity index is 897. The Morgan fingerprint density at radius 1 is 1.00 bits per heavy atom. The quantitative estimate of drug-likeness (QED) is 0.678. The summed E-state index contributed by atoms with van der Waals surface area (Å²) in [6, 6.07) is 12.0. The Labute approximate surface area is 171 Å². The minimum atomic E-state index is -3.84. The molecule has 2 N–H and O–H groups in total. The second-order valence-corrected chi connectivity index (χ2v) is 8.95. The van der Waals surface area contributed by atoms with Crippen molar-refractivity contribution in [3.05, 3.63) is 59.1 Å². The molecule has 0 fully saturated rings. The van der Waals surface area contributed by atoms with Gasteiger partial charge in [0.2, 0.25) is 15.9 Å². The van der Waals surface area contributed by atoms with Crippen LogP contribution in [-0.4, -0.2) is 27.5 Å². The number of hydrogen-bond donors (Lipinski definition) is 2. The summed E-state index contributed by atoms with van der Waals surface area (Å²) in [5.41, 5.74) is 0.914. The molecule has 0 aliphatic carbocycles. The standard InChI is InChI=1S/C20H25ClN2O4S/c1-13(2)19(15-5-9-17(27-4)10-6-15)22-20(24)14(3)23-28(25,26)18-11-7-16(21)8-12-18/h5-14,19,23H,1-4H3,(H,22,24)/t14-,19?/m0/s1. The molecule has 0 aromatic heterocycles. The van der Waals surface area contributed by atoms with Crippen LogP contribution >= 0.6 is 11.6 Å². The highest BCUT2D eigenvalue weighted by Gasteiger charge is 2.25. The Morgan fingerprint density at radius 3 is 2.07 bits per heavy atom. The highest BCUT2D eigenvalue weighted by Crippen LogP contribution is 2.24. The van der Waals surface area contributed by atoms with E-state index in [1.807, 2.05) is 38.1 Å². The molecule has 0 saturated heterocycles. The van der Waals surface area contributed by atoms with Crippen LogP contribution in [0.2, 0.25) is 5.02 Å². The van der Waals surface area contributed by atoms with Crippen LogP contribution in [0.1, 0.15) is 32.4 Å². The lowest BCUT2D eigenvalue weighted by atomic mass is 9.95. The topological polar surface area (TPSA) is 84.5 Å². The number of methoxy groups -OCH3 is 1. The second-order valence-electron chi connectivity index (χ2n) is 6.80. The van der Waals surface area contributed by atoms with Gasteiger partial charge in [-0.25, -0.2) is 8.42 Å². The van der Waals surface area contributed by atoms with Gasteiger partial charge in [-0.1, -0.05) is 37.6 Å². The minimum Gasteiger partial charge on any atom is -0.497 e. The molecule has 2 rings (SSSR count). The molecule has 0 saturated carbocycles. The number of carbonyl (C=O) groups is 1. The predicted molar refractivity (Wildman–Crippen MR) is 110 cm³/mol. The van der Waals surface area contributed by atoms with Gasteiger partial charge >= 0.3 is 0 Å². The van der Waals surface area contributed by atoms with Gasteiger partial charge in [-0.15, -0.1) is 0 Å². The summed E-state index contributed by atoms with van der Waals surface area (Å²) in [7, 11) is -2.25. The number of hydrogen-bond acceptors (Lipinski definition) is 4. The maximum absolute atomic E-state index is 12.6. The van der Waals surface area contributed by atoms with Crippen LogP contribution in [0.15, 0.2) is 53.4 Å². The van der Waals surface area contributed by atoms with Crippen molar-refractivity contribution in [3.8, 4) is 5.75 Å². The molecule has 8 heteroatoms. The van der Waals surface area contributed by atoms with Crippen molar-refractivity contribution in [2.75, 3.05) is 7.11 Å². The van der Waals surface area contributed by atoms with Crippen molar-refractivity contribution in [1.29, 1.82) is 0 Å². The molecule has 1 unspecified atom stereocenters. The van der Waals surface area contributed by atoms with Crippen LogP contribution in [0.25, 0.3) is 0 Å². The van der Waals surface area contributed by atoms with Crippen LogP contribution in [0.5, 0.6) is 5.75 Å². The number of sulfonamides is 1. The van der Waals surface area contributed by atoms with Crippen molar-refractivity contribution in [1.82, 2.24) is 10.0 Å². The zero-order valence-corrected chi connectivity index (χ0v) is 17.8. The number of ether oxygens (including phenoxy) is 1. The molecule has 2 aromatic rings. The third-order valence-electron chi connectivity index (χ3n) is 4.29. The van der Waals surface area contributed by atoms with E-state index in [-0.39, 0.29) is 16.9 Å². The molecule has 2 aromatic carbocycles. The number of halogens is 1. The number of benzene rings is 2. The summed E-state index contributed by atoms with van der Waals surface area (Å²) in [5, 5.41) is 3.36. The summed E-state index contributed by atoms with van der Waals surface area (Å²) < 4.78 is 32.5. The average Bonchev–Trinajstić information content (AvgIpc) is 2.65. The SMILES string of the molecule is COc1ccc(C(NC(=O)[C@H](C)NS(=O)(=O)c2ccc(Cl)cc2)C(C)C)cc1. The highest BCUT2D eigenvalue weighted by molar-refractivity contribution is 7.89. The first kappa shape index (κ1) is 22.2. The van der Waals surface area contributed by atoms with E-state index in [2.05, 4.69) is 10.0 Å². The maximum Gasteiger partial charge on any atom is 0.241 e. The molecule has 0 radical (unpaired) electrons. The molecular formula is C20H25ClN2O4S. The molecule has 0 spiro atoms. The fraction of sp³-hybridized carbons (Fsp3) is 0.350. The highest BCUT2D eigenvalue weighted by atomic mass is 35.5. The predicted octanol–water partition coefficient (Wildman–Crippen LogP) is 3.53. The molecule has 1 amide bonds. The molecule has 0 aliphatic heterocycles. The summed E-state index contributed by atoms with van der Waals surface area (Å²) >= 11 is 5.79. The first-order valence-electron chi connectivity index (χ1n) is 8.86. The molecule has 28 heavy (non-hydrogen) atoms. The van der Waals surface area contributed by atoms with E-state index in [4.69, 9.17) is 16.3 Å². The lowest BCUT2D eigenvalue weighted by Gasteiger charge is -2.25. The zero-order chi connectivity index (χ0) is 20.9. The number of amides is 1. The van der Waals surface area contributed by atoms with Crippen molar-refractivity contribution < 1.29 is 17.9 Å². The van der Waals surface area contributed by atoms with E-state index in [0.29, 0.717) is 5.02 Å². The van der Waals surface area contributed by atoms with E-state index in [1.54, 1.807) is 7.11 Å². The smallest absolute Gasteiger partial charge is 0.241 e. The Hall–Kier alpha value is -2.09. The van der Waals surface area contributed by atoms with Gasteiger partial charge in [-0.2, -0.15) is 4.72 Å². The van der Waals surface area contributed by atoms with E-state index >= 15 is 0 Å². The van der Waals surface area contributed by atoms with Gasteiger partial charge in [-0.3, -0.25) is 4.79 Å². The maximum atomic E-state index is 12.6. The summed E-state index contributed by atoms with van der Waals surface area (Å²) in [6.45, 7) is 5.48. The van der Waals surface area contributed by atoms with Gasteiger partial charge in [0.25, 0.3) is 0 Å². The lowest BCUT2D eigenvalue weighted by molar-refractivity contribution is -0.123. The van der Waals surface area contributed by atoms with E-state index < -0.39 is 22.0 Å². The molecule has 0 aliphatic rings. The van der Waals surface area contributed by atoms with Crippen LogP contribution in [-0.2, 0) is 14.8 Å². The average molecular weight is 425 g/mol. The van der Waals surface area contributed by atoms with Crippen molar-refractivity contribution in [2.45, 2.75) is 37.8 Å². The fourth-order valence-corrected chi connectivity index (χ4v) is 4.02. The Kier molecular flexibility index (Phi) is 7.46. The fourth-order valence-electron chi connectivity index (χ4n) is 2.69. The van der Waals surface area contributed by atoms with Crippen molar-refractivity contribution in [2.24, 2.45) is 5.92 Å². The Morgan fingerprint density at radius 2 is 1.57 bits per heavy atom. The van der Waals surface area contributed by atoms with E-state index in [0.717, 1.165) is 11.3 Å². The van der Waals surface area contributed by atoms with Crippen LogP contribution in [0.3, 0.4) is 0 Å². The van der Waals surface area contributed by atoms with Gasteiger partial charge in [0.05, 0.1) is 24.1 Å². The summed E-state index contributed by atoms with van der Waals surface area (Å²) in [6.07, 6.45) is 0. The minimum absolute atomic E-state index is 0.0483. The van der Waals surface area contributed by atoms with Gasteiger partial charge in [0, 0.05) is 5.02 Å². The molecule has 0 bridgehead atoms. The third kappa shape index (κ3) is 5.70. The number of nitrogens with one attached hydrogen (secondary N) is 2. The zero-order valence-electron chi connectivity index (χ0n) is 16.3. The van der Waals surface area contributed by atoms with Gasteiger partial charge in [0.15, 0.2) is 0 Å². The largest absolute Gasteiger partial charge is 0.497 e. The third-order valence-corrected chi connectivity index (χ3v) is 6.10.